The molecule has 3 nitrogen and oxygen atoms in total. The Balaban J connectivity index is 1.49. The predicted molar refractivity (Wildman–Crippen MR) is 66.2 cm³/mol. The third-order valence-corrected chi connectivity index (χ3v) is 5.37. The fraction of sp³-hybridized carbons (Fsp3) is 0.818. The Morgan fingerprint density at radius 1 is 1.25 bits per heavy atom. The van der Waals surface area contributed by atoms with Gasteiger partial charge in [0.05, 0.1) is 6.10 Å². The summed E-state index contributed by atoms with van der Waals surface area (Å²) in [7, 11) is 0. The van der Waals surface area contributed by atoms with Gasteiger partial charge in [-0.3, -0.25) is 0 Å². The van der Waals surface area contributed by atoms with E-state index in [1.807, 2.05) is 11.8 Å². The number of ether oxygens (including phenoxy) is 1. The Hall–Kier alpha value is -0.130. The molecular formula is C11H16N2OS2. The van der Waals surface area contributed by atoms with Gasteiger partial charge in [0.25, 0.3) is 0 Å². The van der Waals surface area contributed by atoms with Crippen molar-refractivity contribution in [1.29, 1.82) is 0 Å². The van der Waals surface area contributed by atoms with Crippen molar-refractivity contribution in [2.24, 2.45) is 0 Å². The number of hydrogen-bond donors (Lipinski definition) is 0. The van der Waals surface area contributed by atoms with E-state index in [1.165, 1.54) is 37.1 Å². The summed E-state index contributed by atoms with van der Waals surface area (Å²) in [6.45, 7) is 0.939. The second-order valence-corrected chi connectivity index (χ2v) is 6.76. The molecule has 1 aromatic heterocycles. The van der Waals surface area contributed by atoms with Crippen LogP contribution in [-0.4, -0.2) is 28.7 Å². The lowest BCUT2D eigenvalue weighted by atomic mass is 10.1. The highest BCUT2D eigenvalue weighted by Crippen LogP contribution is 2.42. The van der Waals surface area contributed by atoms with E-state index in [2.05, 4.69) is 10.2 Å². The van der Waals surface area contributed by atoms with Crippen LogP contribution in [-0.2, 0) is 4.74 Å². The fourth-order valence-corrected chi connectivity index (χ4v) is 4.01. The Morgan fingerprint density at radius 2 is 2.19 bits per heavy atom. The largest absolute Gasteiger partial charge is 0.377 e. The molecule has 1 aromatic rings. The molecule has 0 bridgehead atoms. The molecule has 0 aromatic carbocycles. The molecule has 0 radical (unpaired) electrons. The van der Waals surface area contributed by atoms with Crippen molar-refractivity contribution in [3.8, 4) is 0 Å². The first-order valence-electron chi connectivity index (χ1n) is 5.99. The van der Waals surface area contributed by atoms with Gasteiger partial charge in [-0.2, -0.15) is 0 Å². The van der Waals surface area contributed by atoms with Gasteiger partial charge in [0.15, 0.2) is 4.34 Å². The summed E-state index contributed by atoms with van der Waals surface area (Å²) in [6.07, 6.45) is 6.81. The smallest absolute Gasteiger partial charge is 0.174 e. The third-order valence-electron chi connectivity index (χ3n) is 3.02. The van der Waals surface area contributed by atoms with Crippen LogP contribution in [0.4, 0.5) is 0 Å². The van der Waals surface area contributed by atoms with Gasteiger partial charge in [-0.15, -0.1) is 10.2 Å². The summed E-state index contributed by atoms with van der Waals surface area (Å²) in [4.78, 5) is 0. The molecule has 0 unspecified atom stereocenters. The lowest BCUT2D eigenvalue weighted by Crippen LogP contribution is -2.21. The van der Waals surface area contributed by atoms with Crippen LogP contribution in [0.1, 0.15) is 43.0 Å². The van der Waals surface area contributed by atoms with Crippen molar-refractivity contribution in [3.05, 3.63) is 5.01 Å². The maximum atomic E-state index is 5.70. The van der Waals surface area contributed by atoms with E-state index in [1.54, 1.807) is 11.3 Å². The Labute approximate surface area is 104 Å². The van der Waals surface area contributed by atoms with Crippen molar-refractivity contribution < 1.29 is 4.74 Å². The molecule has 0 amide bonds. The van der Waals surface area contributed by atoms with E-state index < -0.39 is 0 Å². The van der Waals surface area contributed by atoms with Crippen molar-refractivity contribution in [2.75, 3.05) is 12.4 Å². The van der Waals surface area contributed by atoms with Crippen LogP contribution in [0.15, 0.2) is 4.34 Å². The minimum atomic E-state index is 0.437. The Bertz CT molecular complexity index is 346. The van der Waals surface area contributed by atoms with Crippen LogP contribution in [0, 0.1) is 0 Å². The SMILES string of the molecule is C1CC[C@H](CSc2nnc(C3CC3)s2)OC1. The summed E-state index contributed by atoms with van der Waals surface area (Å²) in [5.74, 6) is 1.78. The average Bonchev–Trinajstić information content (AvgIpc) is 3.08. The number of hydrogen-bond acceptors (Lipinski definition) is 5. The third kappa shape index (κ3) is 2.76. The van der Waals surface area contributed by atoms with E-state index in [9.17, 15) is 0 Å². The zero-order valence-corrected chi connectivity index (χ0v) is 10.9. The van der Waals surface area contributed by atoms with Gasteiger partial charge in [0.2, 0.25) is 0 Å². The number of aromatic nitrogens is 2. The topological polar surface area (TPSA) is 35.0 Å². The lowest BCUT2D eigenvalue weighted by Gasteiger charge is -2.21. The van der Waals surface area contributed by atoms with Gasteiger partial charge < -0.3 is 4.74 Å². The lowest BCUT2D eigenvalue weighted by molar-refractivity contribution is 0.0315. The quantitative estimate of drug-likeness (QED) is 0.776. The molecule has 2 aliphatic rings. The van der Waals surface area contributed by atoms with Crippen LogP contribution in [0.5, 0.6) is 0 Å². The highest BCUT2D eigenvalue weighted by molar-refractivity contribution is 8.01. The summed E-state index contributed by atoms with van der Waals surface area (Å²) in [6, 6.07) is 0. The van der Waals surface area contributed by atoms with Gasteiger partial charge in [0.1, 0.15) is 5.01 Å². The van der Waals surface area contributed by atoms with Gasteiger partial charge in [0, 0.05) is 18.3 Å². The zero-order chi connectivity index (χ0) is 10.8. The molecule has 5 heteroatoms. The normalized spacial score (nSPS) is 25.9. The molecule has 2 heterocycles. The first-order valence-corrected chi connectivity index (χ1v) is 7.80. The second-order valence-electron chi connectivity index (χ2n) is 4.48. The van der Waals surface area contributed by atoms with Gasteiger partial charge >= 0.3 is 0 Å². The number of nitrogens with zero attached hydrogens (tertiary/aromatic N) is 2. The first kappa shape index (κ1) is 11.0. The van der Waals surface area contributed by atoms with Crippen molar-refractivity contribution in [1.82, 2.24) is 10.2 Å². The minimum absolute atomic E-state index is 0.437. The van der Waals surface area contributed by atoms with Crippen LogP contribution < -0.4 is 0 Å². The molecule has 0 spiro atoms. The minimum Gasteiger partial charge on any atom is -0.377 e. The van der Waals surface area contributed by atoms with E-state index in [-0.39, 0.29) is 0 Å². The highest BCUT2D eigenvalue weighted by atomic mass is 32.2. The molecule has 1 saturated carbocycles. The van der Waals surface area contributed by atoms with Crippen molar-refractivity contribution in [2.45, 2.75) is 48.5 Å². The average molecular weight is 256 g/mol. The summed E-state index contributed by atoms with van der Waals surface area (Å²) in [5, 5.41) is 9.73. The fourth-order valence-electron chi connectivity index (χ4n) is 1.88. The molecule has 88 valence electrons. The Kier molecular flexibility index (Phi) is 3.45. The Morgan fingerprint density at radius 3 is 2.94 bits per heavy atom. The van der Waals surface area contributed by atoms with E-state index in [0.29, 0.717) is 6.10 Å². The van der Waals surface area contributed by atoms with E-state index in [0.717, 1.165) is 22.6 Å². The molecule has 0 N–H and O–H groups in total. The van der Waals surface area contributed by atoms with Crippen LogP contribution in [0.25, 0.3) is 0 Å². The predicted octanol–water partition coefficient (Wildman–Crippen LogP) is 3.08. The van der Waals surface area contributed by atoms with Crippen LogP contribution >= 0.6 is 23.1 Å². The van der Waals surface area contributed by atoms with Gasteiger partial charge in [-0.05, 0) is 32.1 Å². The van der Waals surface area contributed by atoms with Gasteiger partial charge in [-0.1, -0.05) is 23.1 Å². The standard InChI is InChI=1S/C11H16N2OS2/c1-2-6-14-9(3-1)7-15-11-13-12-10(16-11)8-4-5-8/h8-9H,1-7H2/t9-/m1/s1. The van der Waals surface area contributed by atoms with Crippen molar-refractivity contribution in [3.63, 3.8) is 0 Å². The maximum absolute atomic E-state index is 5.70. The van der Waals surface area contributed by atoms with E-state index in [4.69, 9.17) is 4.74 Å². The summed E-state index contributed by atoms with van der Waals surface area (Å²) < 4.78 is 6.82. The molecule has 1 aliphatic heterocycles. The molecular weight excluding hydrogens is 240 g/mol. The molecule has 1 saturated heterocycles. The molecule has 1 aliphatic carbocycles. The van der Waals surface area contributed by atoms with Gasteiger partial charge in [-0.25, -0.2) is 0 Å². The molecule has 3 rings (SSSR count). The molecule has 16 heavy (non-hydrogen) atoms. The monoisotopic (exact) mass is 256 g/mol. The molecule has 1 atom stereocenters. The molecule has 2 fully saturated rings. The second kappa shape index (κ2) is 5.02. The first-order chi connectivity index (χ1) is 7.92. The summed E-state index contributed by atoms with van der Waals surface area (Å²) in [5.41, 5.74) is 0. The summed E-state index contributed by atoms with van der Waals surface area (Å²) >= 11 is 3.59. The maximum Gasteiger partial charge on any atom is 0.174 e. The highest BCUT2D eigenvalue weighted by Gasteiger charge is 2.27. The van der Waals surface area contributed by atoms with Crippen molar-refractivity contribution >= 4 is 23.1 Å². The van der Waals surface area contributed by atoms with Crippen LogP contribution in [0.3, 0.4) is 0 Å². The number of rotatable bonds is 4. The van der Waals surface area contributed by atoms with Crippen LogP contribution in [0.2, 0.25) is 0 Å². The zero-order valence-electron chi connectivity index (χ0n) is 9.22. The number of thioether (sulfide) groups is 1. The van der Waals surface area contributed by atoms with E-state index >= 15 is 0 Å².